The summed E-state index contributed by atoms with van der Waals surface area (Å²) in [6.07, 6.45) is 9.98. The average Bonchev–Trinajstić information content (AvgIpc) is 2.70. The van der Waals surface area contributed by atoms with Crippen molar-refractivity contribution >= 4 is 23.2 Å². The fourth-order valence-corrected chi connectivity index (χ4v) is 6.58. The first-order chi connectivity index (χ1) is 14.5. The molecule has 0 spiro atoms. The summed E-state index contributed by atoms with van der Waals surface area (Å²) in [5.74, 6) is 3.13. The Hall–Kier alpha value is -0.627. The van der Waals surface area contributed by atoms with Crippen LogP contribution in [0, 0.1) is 24.7 Å². The third kappa shape index (κ3) is 4.89. The Balaban J connectivity index is 0.000000687. The molecule has 0 unspecified atom stereocenters. The van der Waals surface area contributed by atoms with Crippen LogP contribution in [0.2, 0.25) is 0 Å². The third-order valence-corrected chi connectivity index (χ3v) is 7.24. The SMILES string of the molecule is Cc1cc(C=NCc2ccccc2)c(O)c(C23CC4CC(CC(C4)C2)C3)c1.[Cl][Zr][Cl]. The van der Waals surface area contributed by atoms with Gasteiger partial charge in [0.2, 0.25) is 0 Å². The number of phenolic OH excluding ortho intramolecular Hbond substituents is 1. The van der Waals surface area contributed by atoms with Gasteiger partial charge < -0.3 is 5.11 Å². The van der Waals surface area contributed by atoms with Crippen molar-refractivity contribution in [1.29, 1.82) is 0 Å². The molecule has 6 rings (SSSR count). The average molecular weight is 522 g/mol. The predicted molar refractivity (Wildman–Crippen MR) is 122 cm³/mol. The zero-order chi connectivity index (χ0) is 21.1. The molecule has 5 heteroatoms. The van der Waals surface area contributed by atoms with Crippen molar-refractivity contribution in [3.05, 3.63) is 64.7 Å². The number of halogens is 2. The number of aromatic hydroxyl groups is 1. The molecule has 158 valence electrons. The van der Waals surface area contributed by atoms with Crippen LogP contribution in [0.1, 0.15) is 60.8 Å². The quantitative estimate of drug-likeness (QED) is 0.425. The van der Waals surface area contributed by atoms with Crippen LogP contribution in [-0.2, 0) is 32.8 Å². The van der Waals surface area contributed by atoms with Gasteiger partial charge in [0, 0.05) is 17.3 Å². The monoisotopic (exact) mass is 519 g/mol. The minimum atomic E-state index is -0.826. The molecule has 4 saturated carbocycles. The molecule has 2 aromatic rings. The molecule has 4 aliphatic carbocycles. The Kier molecular flexibility index (Phi) is 7.44. The number of aryl methyl sites for hydroxylation is 1. The normalized spacial score (nSPS) is 29.0. The van der Waals surface area contributed by atoms with E-state index in [-0.39, 0.29) is 5.41 Å². The maximum atomic E-state index is 11.2. The van der Waals surface area contributed by atoms with Gasteiger partial charge in [0.05, 0.1) is 6.54 Å². The van der Waals surface area contributed by atoms with Gasteiger partial charge in [0.1, 0.15) is 5.75 Å². The van der Waals surface area contributed by atoms with Crippen molar-refractivity contribution in [2.75, 3.05) is 0 Å². The summed E-state index contributed by atoms with van der Waals surface area (Å²) >= 11 is -0.826. The van der Waals surface area contributed by atoms with E-state index in [2.05, 4.69) is 36.2 Å². The summed E-state index contributed by atoms with van der Waals surface area (Å²) < 4.78 is 0. The number of rotatable bonds is 4. The molecule has 2 aromatic carbocycles. The predicted octanol–water partition coefficient (Wildman–Crippen LogP) is 7.16. The van der Waals surface area contributed by atoms with Crippen molar-refractivity contribution in [2.45, 2.75) is 57.4 Å². The van der Waals surface area contributed by atoms with Gasteiger partial charge in [-0.1, -0.05) is 36.4 Å². The Morgan fingerprint density at radius 1 is 1.03 bits per heavy atom. The number of benzene rings is 2. The summed E-state index contributed by atoms with van der Waals surface area (Å²) in [7, 11) is 9.87. The summed E-state index contributed by atoms with van der Waals surface area (Å²) in [4.78, 5) is 4.62. The first-order valence-electron chi connectivity index (χ1n) is 10.9. The van der Waals surface area contributed by atoms with Crippen LogP contribution in [0.15, 0.2) is 47.5 Å². The summed E-state index contributed by atoms with van der Waals surface area (Å²) in [5.41, 5.74) is 4.74. The number of aliphatic imine (C=N–C) groups is 1. The molecule has 0 radical (unpaired) electrons. The second-order valence-corrected chi connectivity index (χ2v) is 13.2. The number of phenols is 1. The van der Waals surface area contributed by atoms with Crippen LogP contribution < -0.4 is 0 Å². The molecule has 0 heterocycles. The summed E-state index contributed by atoms with van der Waals surface area (Å²) in [6, 6.07) is 14.6. The van der Waals surface area contributed by atoms with E-state index in [0.717, 1.165) is 23.3 Å². The van der Waals surface area contributed by atoms with Gasteiger partial charge in [-0.25, -0.2) is 0 Å². The van der Waals surface area contributed by atoms with Crippen molar-refractivity contribution in [2.24, 2.45) is 22.7 Å². The van der Waals surface area contributed by atoms with Crippen molar-refractivity contribution < 1.29 is 26.0 Å². The molecule has 0 amide bonds. The fraction of sp³-hybridized carbons (Fsp3) is 0.480. The van der Waals surface area contributed by atoms with Crippen LogP contribution in [0.25, 0.3) is 0 Å². The van der Waals surface area contributed by atoms with Crippen LogP contribution in [0.5, 0.6) is 5.75 Å². The van der Waals surface area contributed by atoms with Gasteiger partial charge in [-0.15, -0.1) is 0 Å². The Labute approximate surface area is 198 Å². The van der Waals surface area contributed by atoms with E-state index >= 15 is 0 Å². The van der Waals surface area contributed by atoms with Gasteiger partial charge in [-0.3, -0.25) is 4.99 Å². The van der Waals surface area contributed by atoms with Crippen molar-refractivity contribution in [1.82, 2.24) is 0 Å². The molecule has 0 saturated heterocycles. The second kappa shape index (κ2) is 9.89. The second-order valence-electron chi connectivity index (χ2n) is 9.48. The summed E-state index contributed by atoms with van der Waals surface area (Å²) in [6.45, 7) is 2.80. The number of hydrogen-bond donors (Lipinski definition) is 1. The van der Waals surface area contributed by atoms with E-state index in [1.807, 2.05) is 24.4 Å². The van der Waals surface area contributed by atoms with Crippen molar-refractivity contribution in [3.8, 4) is 5.75 Å². The maximum absolute atomic E-state index is 11.2. The molecule has 4 bridgehead atoms. The molecule has 0 aromatic heterocycles. The van der Waals surface area contributed by atoms with Gasteiger partial charge in [0.25, 0.3) is 0 Å². The summed E-state index contributed by atoms with van der Waals surface area (Å²) in [5, 5.41) is 11.2. The van der Waals surface area contributed by atoms with E-state index in [4.69, 9.17) is 17.0 Å². The number of hydrogen-bond acceptors (Lipinski definition) is 2. The molecule has 0 aliphatic heterocycles. The molecule has 30 heavy (non-hydrogen) atoms. The molecule has 1 N–H and O–H groups in total. The van der Waals surface area contributed by atoms with Gasteiger partial charge >= 0.3 is 37.9 Å². The Bertz CT molecular complexity index is 864. The first kappa shape index (κ1) is 22.6. The zero-order valence-corrected chi connectivity index (χ0v) is 21.4. The molecule has 4 fully saturated rings. The molecular weight excluding hydrogens is 492 g/mol. The van der Waals surface area contributed by atoms with Gasteiger partial charge in [0.15, 0.2) is 0 Å². The topological polar surface area (TPSA) is 32.6 Å². The van der Waals surface area contributed by atoms with Crippen LogP contribution in [-0.4, -0.2) is 11.3 Å². The third-order valence-electron chi connectivity index (χ3n) is 7.24. The first-order valence-corrected chi connectivity index (χ1v) is 17.2. The molecular formula is C25H29Cl2NOZr. The van der Waals surface area contributed by atoms with Crippen molar-refractivity contribution in [3.63, 3.8) is 0 Å². The molecule has 2 nitrogen and oxygen atoms in total. The fourth-order valence-electron chi connectivity index (χ4n) is 6.58. The van der Waals surface area contributed by atoms with Crippen LogP contribution in [0.4, 0.5) is 0 Å². The number of nitrogens with zero attached hydrogens (tertiary/aromatic N) is 1. The molecule has 4 aliphatic rings. The van der Waals surface area contributed by atoms with E-state index in [9.17, 15) is 5.11 Å². The van der Waals surface area contributed by atoms with E-state index in [0.29, 0.717) is 12.3 Å². The molecule has 0 atom stereocenters. The Morgan fingerprint density at radius 2 is 1.60 bits per heavy atom. The van der Waals surface area contributed by atoms with Gasteiger partial charge in [-0.2, -0.15) is 0 Å². The van der Waals surface area contributed by atoms with Gasteiger partial charge in [-0.05, 0) is 85.8 Å². The van der Waals surface area contributed by atoms with Crippen LogP contribution >= 0.6 is 17.0 Å². The van der Waals surface area contributed by atoms with E-state index in [1.54, 1.807) is 0 Å². The minimum absolute atomic E-state index is 0.215. The van der Waals surface area contributed by atoms with Crippen LogP contribution in [0.3, 0.4) is 0 Å². The van der Waals surface area contributed by atoms with E-state index in [1.165, 1.54) is 55.2 Å². The Morgan fingerprint density at radius 3 is 2.17 bits per heavy atom. The standard InChI is InChI=1S/C25H29NO.2ClH.Zr/c1-17-7-22(16-26-15-18-5-3-2-4-6-18)24(27)23(8-17)25-12-19-9-20(13-25)11-21(10-19)14-25;;;/h2-8,16,19-21,27H,9-15H2,1H3;2*1H;/q;;;+2/p-2. The van der Waals surface area contributed by atoms with E-state index < -0.39 is 20.8 Å². The zero-order valence-electron chi connectivity index (χ0n) is 17.5.